The molecule has 10 rings (SSSR count). The molecule has 1 saturated heterocycles. The first-order valence-electron chi connectivity index (χ1n) is 27.0. The monoisotopic (exact) mass is 971 g/mol. The predicted octanol–water partition coefficient (Wildman–Crippen LogP) is 6.61. The molecule has 1 saturated carbocycles. The fraction of sp³-hybridized carbons (Fsp3) is 0.603. The second-order valence-corrected chi connectivity index (χ2v) is 22.7. The Morgan fingerprint density at radius 1 is 1.06 bits per heavy atom. The van der Waals surface area contributed by atoms with Crippen LogP contribution in [0.15, 0.2) is 100 Å². The van der Waals surface area contributed by atoms with Gasteiger partial charge in [0, 0.05) is 48.9 Å². The first-order valence-corrected chi connectivity index (χ1v) is 27.0. The summed E-state index contributed by atoms with van der Waals surface area (Å²) in [5.74, 6) is 0.442. The summed E-state index contributed by atoms with van der Waals surface area (Å²) in [6, 6.07) is 5.39. The normalized spacial score (nSPS) is 36.6. The van der Waals surface area contributed by atoms with E-state index < -0.39 is 34.8 Å². The number of hydrogen-bond donors (Lipinski definition) is 8. The predicted molar refractivity (Wildman–Crippen MR) is 274 cm³/mol. The number of aliphatic hydroxyl groups is 2. The van der Waals surface area contributed by atoms with Gasteiger partial charge in [-0.15, -0.1) is 0 Å². The molecule has 71 heavy (non-hydrogen) atoms. The molecule has 1 aromatic rings. The SMILES string of the molecule is CCN[C@H]1C=C2C=CC[C@@H]3CCCC[C@](C)(CC4=CNC(N)C=C4)Cc4cccc5c4C(=O)[C@]4(O[C@@]4(C/C(CO)=C(\C)C[C@@H]4CC[C@@H]6C[C@H](NC)NC7=C6C4=CCN7)C5=O)C(=O)O[C@H](CCCO)[C@H]1C[C@H]23. The zero-order valence-corrected chi connectivity index (χ0v) is 42.4. The van der Waals surface area contributed by atoms with E-state index in [1.807, 2.05) is 38.4 Å². The number of rotatable bonds is 13. The number of aliphatic hydroxyl groups excluding tert-OH is 2. The fourth-order valence-corrected chi connectivity index (χ4v) is 14.4. The third-order valence-corrected chi connectivity index (χ3v) is 18.1. The average molecular weight is 971 g/mol. The molecule has 5 aliphatic heterocycles. The minimum Gasteiger partial charge on any atom is -0.459 e. The van der Waals surface area contributed by atoms with Crippen LogP contribution >= 0.6 is 0 Å². The Labute approximate surface area is 420 Å². The van der Waals surface area contributed by atoms with Gasteiger partial charge < -0.3 is 52.0 Å². The lowest BCUT2D eigenvalue weighted by atomic mass is 9.66. The standard InChI is InChI=1S/C58H78N6O7/c1-5-61-46-26-37-13-8-12-36-11-6-7-22-56(3,29-35-17-20-48(59)63-32-35)30-40-14-9-15-43-50(40)53(68)58(55(69)70-47(16-10-24-65)45(46)28-44(36)37)57(71-58,52(43)67)31-41(33-66)34(2)25-38-18-19-39-27-49(60-4)64-54-51(39)42(38)21-23-62-54/h8-9,13-15,17,20-21,26,32,36,38-39,44-49,60-66H,5-7,10-12,16,18-19,22-25,27-31,33,59H2,1-4H3/b41-34-/t36-,38-,39+,44-,45-,46-,47+,48?,49+,56+,57-,58-/m0/s1. The maximum Gasteiger partial charge on any atom is 0.350 e. The van der Waals surface area contributed by atoms with Crippen LogP contribution in [-0.4, -0.2) is 96.8 Å². The zero-order valence-electron chi connectivity index (χ0n) is 42.4. The van der Waals surface area contributed by atoms with Crippen molar-refractivity contribution in [3.05, 3.63) is 117 Å². The van der Waals surface area contributed by atoms with Crippen LogP contribution in [0.3, 0.4) is 0 Å². The number of ether oxygens (including phenoxy) is 2. The number of likely N-dealkylation sites (N-methyl/N-ethyl adjacent to an activating group) is 1. The molecule has 4 aliphatic carbocycles. The molecule has 4 bridgehead atoms. The van der Waals surface area contributed by atoms with Crippen LogP contribution in [-0.2, 0) is 20.7 Å². The Hall–Kier alpha value is -4.63. The first-order chi connectivity index (χ1) is 34.3. The summed E-state index contributed by atoms with van der Waals surface area (Å²) in [6.07, 6.45) is 25.9. The van der Waals surface area contributed by atoms with Crippen LogP contribution < -0.4 is 32.3 Å². The summed E-state index contributed by atoms with van der Waals surface area (Å²) >= 11 is 0. The number of hydrogen-bond acceptors (Lipinski definition) is 13. The molecule has 9 aliphatic rings. The average Bonchev–Trinajstić information content (AvgIpc) is 4.08. The van der Waals surface area contributed by atoms with E-state index in [-0.39, 0.29) is 72.3 Å². The number of esters is 1. The number of nitrogens with two attached hydrogens (primary N) is 1. The van der Waals surface area contributed by atoms with Crippen LogP contribution in [0.4, 0.5) is 0 Å². The van der Waals surface area contributed by atoms with E-state index in [2.05, 4.69) is 70.8 Å². The number of cyclic esters (lactones) is 1. The second kappa shape index (κ2) is 20.3. The summed E-state index contributed by atoms with van der Waals surface area (Å²) in [5.41, 5.74) is 9.53. The van der Waals surface area contributed by atoms with E-state index in [9.17, 15) is 10.2 Å². The quantitative estimate of drug-likeness (QED) is 0.0455. The van der Waals surface area contributed by atoms with E-state index in [1.54, 1.807) is 6.07 Å². The van der Waals surface area contributed by atoms with Crippen molar-refractivity contribution in [1.29, 1.82) is 0 Å². The van der Waals surface area contributed by atoms with E-state index in [1.165, 1.54) is 16.7 Å². The molecule has 5 heterocycles. The van der Waals surface area contributed by atoms with Crippen LogP contribution in [0.5, 0.6) is 0 Å². The number of ketones is 2. The molecule has 1 aromatic carbocycles. The molecule has 0 aromatic heterocycles. The smallest absolute Gasteiger partial charge is 0.350 e. The molecule has 1 spiro atoms. The van der Waals surface area contributed by atoms with Gasteiger partial charge >= 0.3 is 5.97 Å². The van der Waals surface area contributed by atoms with Crippen molar-refractivity contribution >= 4 is 17.5 Å². The number of epoxide rings is 1. The topological polar surface area (TPSA) is 200 Å². The lowest BCUT2D eigenvalue weighted by Crippen LogP contribution is -2.53. The molecule has 0 radical (unpaired) electrons. The van der Waals surface area contributed by atoms with Gasteiger partial charge in [-0.1, -0.05) is 80.8 Å². The lowest BCUT2D eigenvalue weighted by molar-refractivity contribution is -0.158. The highest BCUT2D eigenvalue weighted by Gasteiger charge is 2.86. The Morgan fingerprint density at radius 2 is 1.92 bits per heavy atom. The molecule has 9 N–H and O–H groups in total. The molecule has 0 amide bonds. The Balaban J connectivity index is 1.05. The van der Waals surface area contributed by atoms with Gasteiger partial charge in [-0.25, -0.2) is 4.79 Å². The van der Waals surface area contributed by atoms with Gasteiger partial charge in [0.05, 0.1) is 18.9 Å². The molecule has 382 valence electrons. The molecule has 2 fully saturated rings. The summed E-state index contributed by atoms with van der Waals surface area (Å²) in [4.78, 5) is 47.2. The Morgan fingerprint density at radius 3 is 2.69 bits per heavy atom. The van der Waals surface area contributed by atoms with Crippen molar-refractivity contribution in [3.63, 3.8) is 0 Å². The van der Waals surface area contributed by atoms with E-state index >= 15 is 14.4 Å². The van der Waals surface area contributed by atoms with Crippen molar-refractivity contribution < 1.29 is 34.1 Å². The minimum absolute atomic E-state index is 0.0822. The van der Waals surface area contributed by atoms with Crippen molar-refractivity contribution in [3.8, 4) is 0 Å². The highest BCUT2D eigenvalue weighted by molar-refractivity contribution is 6.33. The molecule has 1 unspecified atom stereocenters. The van der Waals surface area contributed by atoms with Gasteiger partial charge in [0.1, 0.15) is 11.9 Å². The van der Waals surface area contributed by atoms with Gasteiger partial charge in [-0.05, 0) is 166 Å². The third kappa shape index (κ3) is 9.15. The van der Waals surface area contributed by atoms with Gasteiger partial charge in [0.2, 0.25) is 5.78 Å². The Kier molecular flexibility index (Phi) is 14.3. The maximum absolute atomic E-state index is 15.9. The summed E-state index contributed by atoms with van der Waals surface area (Å²) in [5, 5.41) is 39.2. The molecule has 13 heteroatoms. The zero-order chi connectivity index (χ0) is 49.7. The van der Waals surface area contributed by atoms with E-state index in [0.717, 1.165) is 87.7 Å². The van der Waals surface area contributed by atoms with Crippen LogP contribution in [0, 0.1) is 35.0 Å². The van der Waals surface area contributed by atoms with Crippen LogP contribution in [0.2, 0.25) is 0 Å². The van der Waals surface area contributed by atoms with Gasteiger partial charge in [0.15, 0.2) is 11.4 Å². The number of benzene rings is 1. The van der Waals surface area contributed by atoms with Gasteiger partial charge in [-0.2, -0.15) is 0 Å². The molecular formula is C58H78N6O7. The maximum atomic E-state index is 15.9. The Bertz CT molecular complexity index is 2500. The summed E-state index contributed by atoms with van der Waals surface area (Å²) in [7, 11) is 1.99. The van der Waals surface area contributed by atoms with Crippen molar-refractivity contribution in [2.45, 2.75) is 153 Å². The fourth-order valence-electron chi connectivity index (χ4n) is 14.4. The lowest BCUT2D eigenvalue weighted by Gasteiger charge is -2.44. The van der Waals surface area contributed by atoms with Gasteiger partial charge in [0.25, 0.3) is 5.60 Å². The summed E-state index contributed by atoms with van der Waals surface area (Å²) in [6.45, 7) is 7.36. The number of Topliss-reactive ketones (excluding diaryl/α,β-unsaturated/α-hetero) is 2. The number of carbonyl (C=O) groups is 3. The molecular weight excluding hydrogens is 893 g/mol. The molecule has 13 nitrogen and oxygen atoms in total. The first kappa shape index (κ1) is 49.9. The highest BCUT2D eigenvalue weighted by Crippen LogP contribution is 2.61. The van der Waals surface area contributed by atoms with Crippen molar-refractivity contribution in [2.24, 2.45) is 40.7 Å². The number of carbonyl (C=O) groups excluding carboxylic acids is 3. The van der Waals surface area contributed by atoms with E-state index in [0.29, 0.717) is 55.2 Å². The largest absolute Gasteiger partial charge is 0.459 e. The second-order valence-electron chi connectivity index (χ2n) is 22.7. The van der Waals surface area contributed by atoms with Gasteiger partial charge in [-0.3, -0.25) is 9.59 Å². The van der Waals surface area contributed by atoms with Crippen LogP contribution in [0.1, 0.15) is 137 Å². The number of nitrogens with one attached hydrogen (secondary N) is 5. The van der Waals surface area contributed by atoms with Crippen molar-refractivity contribution in [2.75, 3.05) is 33.4 Å². The third-order valence-electron chi connectivity index (χ3n) is 18.1. The van der Waals surface area contributed by atoms with Crippen LogP contribution in [0.25, 0.3) is 0 Å². The number of allylic oxidation sites excluding steroid dienone is 8. The molecule has 12 atom stereocenters. The van der Waals surface area contributed by atoms with Crippen molar-refractivity contribution in [1.82, 2.24) is 26.6 Å². The highest BCUT2D eigenvalue weighted by atomic mass is 16.7. The summed E-state index contributed by atoms with van der Waals surface area (Å²) < 4.78 is 13.5. The minimum atomic E-state index is -2.25. The van der Waals surface area contributed by atoms with E-state index in [4.69, 9.17) is 15.2 Å². The number of fused-ring (bicyclic) bond motifs is 1. The number of dihydropyridines is 2.